The number of halogens is 1. The summed E-state index contributed by atoms with van der Waals surface area (Å²) in [4.78, 5) is 7.78. The van der Waals surface area contributed by atoms with Crippen LogP contribution in [0.4, 0.5) is 0 Å². The Morgan fingerprint density at radius 2 is 1.90 bits per heavy atom. The van der Waals surface area contributed by atoms with Gasteiger partial charge in [0.1, 0.15) is 11.4 Å². The molecule has 0 amide bonds. The van der Waals surface area contributed by atoms with Crippen LogP contribution in [-0.4, -0.2) is 47.3 Å². The molecular formula is C24H28BrN3O3. The lowest BCUT2D eigenvalue weighted by atomic mass is 9.87. The first-order chi connectivity index (χ1) is 14.9. The molecule has 0 bridgehead atoms. The van der Waals surface area contributed by atoms with Crippen molar-refractivity contribution < 1.29 is 14.6 Å². The molecule has 3 aliphatic heterocycles. The number of phenolic OH excluding ortho intramolecular Hbond substituents is 1. The normalized spacial score (nSPS) is 22.7. The molecule has 6 nitrogen and oxygen atoms in total. The molecule has 0 saturated carbocycles. The van der Waals surface area contributed by atoms with Gasteiger partial charge in [-0.05, 0) is 68.7 Å². The molecule has 1 unspecified atom stereocenters. The highest BCUT2D eigenvalue weighted by Crippen LogP contribution is 2.40. The smallest absolute Gasteiger partial charge is 0.231 e. The van der Waals surface area contributed by atoms with Gasteiger partial charge in [-0.1, -0.05) is 15.9 Å². The Kier molecular flexibility index (Phi) is 5.44. The Hall–Kier alpha value is -2.09. The van der Waals surface area contributed by atoms with Gasteiger partial charge in [0.15, 0.2) is 11.5 Å². The Morgan fingerprint density at radius 3 is 2.68 bits per heavy atom. The standard InChI is InChI=1S/C24H28BrN3O3/c1-15(2)28-9-7-24(8-10-28)26-19(16-3-6-22-23(11-16)31-14-30-22)13-20(27-24)18-12-17(25)4-5-21(18)29/h3-6,11-12,15,20,27,29H,7-10,13-14H2,1-2H3. The van der Waals surface area contributed by atoms with Crippen molar-refractivity contribution in [2.45, 2.75) is 50.9 Å². The largest absolute Gasteiger partial charge is 0.508 e. The van der Waals surface area contributed by atoms with Crippen LogP contribution >= 0.6 is 15.9 Å². The van der Waals surface area contributed by atoms with Crippen LogP contribution in [0.2, 0.25) is 0 Å². The van der Waals surface area contributed by atoms with Gasteiger partial charge in [-0.3, -0.25) is 10.3 Å². The van der Waals surface area contributed by atoms with Crippen LogP contribution in [0, 0.1) is 0 Å². The average molecular weight is 486 g/mol. The van der Waals surface area contributed by atoms with E-state index in [-0.39, 0.29) is 18.5 Å². The number of nitrogens with one attached hydrogen (secondary N) is 1. The quantitative estimate of drug-likeness (QED) is 0.664. The van der Waals surface area contributed by atoms with Gasteiger partial charge in [0.25, 0.3) is 0 Å². The van der Waals surface area contributed by atoms with Crippen LogP contribution in [0.1, 0.15) is 50.3 Å². The Morgan fingerprint density at radius 1 is 1.13 bits per heavy atom. The molecule has 1 fully saturated rings. The summed E-state index contributed by atoms with van der Waals surface area (Å²) in [6.45, 7) is 6.75. The summed E-state index contributed by atoms with van der Waals surface area (Å²) >= 11 is 3.56. The van der Waals surface area contributed by atoms with Crippen molar-refractivity contribution >= 4 is 21.6 Å². The molecule has 0 aliphatic carbocycles. The van der Waals surface area contributed by atoms with Gasteiger partial charge in [0.05, 0.1) is 0 Å². The van der Waals surface area contributed by atoms with E-state index in [2.05, 4.69) is 46.1 Å². The summed E-state index contributed by atoms with van der Waals surface area (Å²) in [6, 6.07) is 12.2. The third-order valence-corrected chi connectivity index (χ3v) is 7.11. The van der Waals surface area contributed by atoms with Gasteiger partial charge in [-0.2, -0.15) is 0 Å². The first kappa shape index (κ1) is 20.8. The number of phenols is 1. The van der Waals surface area contributed by atoms with Crippen LogP contribution in [-0.2, 0) is 0 Å². The molecule has 1 atom stereocenters. The molecule has 5 rings (SSSR count). The van der Waals surface area contributed by atoms with Crippen molar-refractivity contribution in [2.75, 3.05) is 19.9 Å². The Bertz CT molecular complexity index is 1020. The van der Waals surface area contributed by atoms with Crippen LogP contribution in [0.3, 0.4) is 0 Å². The van der Waals surface area contributed by atoms with E-state index in [0.717, 1.165) is 58.7 Å². The number of ether oxygens (including phenoxy) is 2. The Balaban J connectivity index is 1.52. The third kappa shape index (κ3) is 4.06. The SMILES string of the molecule is CC(C)N1CCC2(CC1)N=C(c1ccc3c(c1)OCO3)CC(c1cc(Br)ccc1O)N2. The molecule has 1 saturated heterocycles. The van der Waals surface area contributed by atoms with E-state index in [1.807, 2.05) is 24.3 Å². The van der Waals surface area contributed by atoms with Crippen LogP contribution in [0.5, 0.6) is 17.2 Å². The number of aliphatic imine (C=N–C) groups is 1. The fourth-order valence-electron chi connectivity index (χ4n) is 4.82. The maximum Gasteiger partial charge on any atom is 0.231 e. The van der Waals surface area contributed by atoms with E-state index < -0.39 is 0 Å². The van der Waals surface area contributed by atoms with E-state index in [0.29, 0.717) is 18.2 Å². The zero-order chi connectivity index (χ0) is 21.6. The van der Waals surface area contributed by atoms with Gasteiger partial charge >= 0.3 is 0 Å². The maximum absolute atomic E-state index is 10.6. The van der Waals surface area contributed by atoms with Crippen molar-refractivity contribution in [3.05, 3.63) is 52.0 Å². The summed E-state index contributed by atoms with van der Waals surface area (Å²) in [5.41, 5.74) is 2.65. The average Bonchev–Trinajstić information content (AvgIpc) is 3.23. The molecule has 2 N–H and O–H groups in total. The predicted octanol–water partition coefficient (Wildman–Crippen LogP) is 4.61. The number of likely N-dealkylation sites (tertiary alicyclic amines) is 1. The lowest BCUT2D eigenvalue weighted by Crippen LogP contribution is -2.56. The monoisotopic (exact) mass is 485 g/mol. The minimum absolute atomic E-state index is 0.0268. The third-order valence-electron chi connectivity index (χ3n) is 6.62. The van der Waals surface area contributed by atoms with E-state index in [1.165, 1.54) is 0 Å². The van der Waals surface area contributed by atoms with Crippen LogP contribution in [0.25, 0.3) is 0 Å². The van der Waals surface area contributed by atoms with E-state index in [1.54, 1.807) is 6.07 Å². The topological polar surface area (TPSA) is 66.3 Å². The number of benzene rings is 2. The van der Waals surface area contributed by atoms with Crippen LogP contribution < -0.4 is 14.8 Å². The summed E-state index contributed by atoms with van der Waals surface area (Å²) < 4.78 is 12.1. The fraction of sp³-hybridized carbons (Fsp3) is 0.458. The lowest BCUT2D eigenvalue weighted by molar-refractivity contribution is 0.103. The van der Waals surface area contributed by atoms with Gasteiger partial charge < -0.3 is 19.5 Å². The maximum atomic E-state index is 10.6. The lowest BCUT2D eigenvalue weighted by Gasteiger charge is -2.46. The molecule has 1 spiro atoms. The molecule has 7 heteroatoms. The van der Waals surface area contributed by atoms with Crippen LogP contribution in [0.15, 0.2) is 45.9 Å². The molecule has 31 heavy (non-hydrogen) atoms. The summed E-state index contributed by atoms with van der Waals surface area (Å²) in [6.07, 6.45) is 2.56. The first-order valence-corrected chi connectivity index (χ1v) is 11.7. The number of aromatic hydroxyl groups is 1. The van der Waals surface area contributed by atoms with E-state index >= 15 is 0 Å². The van der Waals surface area contributed by atoms with Gasteiger partial charge in [0, 0.05) is 47.3 Å². The fourth-order valence-corrected chi connectivity index (χ4v) is 5.20. The van der Waals surface area contributed by atoms with Gasteiger partial charge in [-0.25, -0.2) is 0 Å². The van der Waals surface area contributed by atoms with E-state index in [9.17, 15) is 5.11 Å². The molecule has 2 aromatic carbocycles. The van der Waals surface area contributed by atoms with Crippen molar-refractivity contribution in [3.8, 4) is 17.2 Å². The highest BCUT2D eigenvalue weighted by molar-refractivity contribution is 9.10. The number of rotatable bonds is 3. The molecule has 0 radical (unpaired) electrons. The molecular weight excluding hydrogens is 458 g/mol. The second-order valence-corrected chi connectivity index (χ2v) is 9.81. The molecule has 164 valence electrons. The number of hydrogen-bond donors (Lipinski definition) is 2. The van der Waals surface area contributed by atoms with Gasteiger partial charge in [0.2, 0.25) is 6.79 Å². The zero-order valence-electron chi connectivity index (χ0n) is 17.9. The van der Waals surface area contributed by atoms with Crippen molar-refractivity contribution in [1.29, 1.82) is 0 Å². The van der Waals surface area contributed by atoms with Crippen molar-refractivity contribution in [1.82, 2.24) is 10.2 Å². The summed E-state index contributed by atoms with van der Waals surface area (Å²) in [5.74, 6) is 1.85. The first-order valence-electron chi connectivity index (χ1n) is 10.9. The predicted molar refractivity (Wildman–Crippen MR) is 124 cm³/mol. The minimum Gasteiger partial charge on any atom is -0.508 e. The summed E-state index contributed by atoms with van der Waals surface area (Å²) in [7, 11) is 0. The second kappa shape index (κ2) is 8.11. The zero-order valence-corrected chi connectivity index (χ0v) is 19.5. The minimum atomic E-state index is -0.339. The molecule has 2 aromatic rings. The number of piperidine rings is 1. The highest BCUT2D eigenvalue weighted by atomic mass is 79.9. The number of fused-ring (bicyclic) bond motifs is 1. The van der Waals surface area contributed by atoms with E-state index in [4.69, 9.17) is 14.5 Å². The van der Waals surface area contributed by atoms with Gasteiger partial charge in [-0.15, -0.1) is 0 Å². The summed E-state index contributed by atoms with van der Waals surface area (Å²) in [5, 5.41) is 14.4. The van der Waals surface area contributed by atoms with Crippen molar-refractivity contribution in [3.63, 3.8) is 0 Å². The Labute approximate surface area is 191 Å². The highest BCUT2D eigenvalue weighted by Gasteiger charge is 2.41. The molecule has 0 aromatic heterocycles. The second-order valence-electron chi connectivity index (χ2n) is 8.89. The number of hydrogen-bond acceptors (Lipinski definition) is 6. The van der Waals surface area contributed by atoms with Crippen molar-refractivity contribution in [2.24, 2.45) is 4.99 Å². The number of nitrogens with zero attached hydrogens (tertiary/aromatic N) is 2. The molecule has 3 heterocycles. The molecule has 3 aliphatic rings.